The van der Waals surface area contributed by atoms with Gasteiger partial charge in [-0.05, 0) is 75.9 Å². The maximum absolute atomic E-state index is 15.7. The second kappa shape index (κ2) is 12.2. The van der Waals surface area contributed by atoms with Crippen LogP contribution < -0.4 is 20.9 Å². The minimum Gasteiger partial charge on any atom is -0.496 e. The molecule has 0 aliphatic carbocycles. The number of ether oxygens (including phenoxy) is 1. The summed E-state index contributed by atoms with van der Waals surface area (Å²) in [6.45, 7) is 7.27. The molecule has 5 rings (SSSR count). The van der Waals surface area contributed by atoms with Gasteiger partial charge in [0.2, 0.25) is 5.91 Å². The van der Waals surface area contributed by atoms with Crippen molar-refractivity contribution in [3.63, 3.8) is 0 Å². The van der Waals surface area contributed by atoms with Gasteiger partial charge in [-0.25, -0.2) is 14.4 Å². The van der Waals surface area contributed by atoms with Gasteiger partial charge < -0.3 is 25.3 Å². The van der Waals surface area contributed by atoms with E-state index >= 15 is 4.39 Å². The molecular weight excluding hydrogens is 551 g/mol. The number of halogens is 1. The van der Waals surface area contributed by atoms with Crippen molar-refractivity contribution >= 4 is 34.2 Å². The van der Waals surface area contributed by atoms with Gasteiger partial charge in [0.15, 0.2) is 0 Å². The number of likely N-dealkylation sites (tertiary alicyclic amines) is 1. The lowest BCUT2D eigenvalue weighted by atomic mass is 9.84. The predicted octanol–water partition coefficient (Wildman–Crippen LogP) is 4.92. The Morgan fingerprint density at radius 2 is 1.88 bits per heavy atom. The predicted molar refractivity (Wildman–Crippen MR) is 163 cm³/mol. The molecule has 0 spiro atoms. The molecule has 0 radical (unpaired) electrons. The largest absolute Gasteiger partial charge is 0.496 e. The summed E-state index contributed by atoms with van der Waals surface area (Å²) in [5.74, 6) is -0.375. The number of nitrogens with one attached hydrogen (secondary N) is 3. The molecule has 224 valence electrons. The van der Waals surface area contributed by atoms with E-state index < -0.39 is 11.2 Å². The fraction of sp³-hybridized carbons (Fsp3) is 0.344. The average molecular weight is 587 g/mol. The minimum atomic E-state index is -0.798. The second-order valence-corrected chi connectivity index (χ2v) is 11.0. The molecular formula is C32H35FN6O4. The number of hydrogen-bond acceptors (Lipinski definition) is 7. The topological polar surface area (TPSA) is 129 Å². The highest BCUT2D eigenvalue weighted by Crippen LogP contribution is 2.34. The fourth-order valence-corrected chi connectivity index (χ4v) is 5.27. The van der Waals surface area contributed by atoms with E-state index in [4.69, 9.17) is 4.74 Å². The molecule has 4 heterocycles. The third kappa shape index (κ3) is 5.93. The van der Waals surface area contributed by atoms with Crippen molar-refractivity contribution in [2.24, 2.45) is 0 Å². The number of methoxy groups -OCH3 is 1. The van der Waals surface area contributed by atoms with E-state index in [0.29, 0.717) is 36.7 Å². The Morgan fingerprint density at radius 1 is 1.12 bits per heavy atom. The van der Waals surface area contributed by atoms with Crippen molar-refractivity contribution < 1.29 is 18.7 Å². The maximum Gasteiger partial charge on any atom is 0.259 e. The number of carbonyl (C=O) groups is 2. The summed E-state index contributed by atoms with van der Waals surface area (Å²) in [4.78, 5) is 52.0. The molecule has 1 aliphatic rings. The molecule has 0 bridgehead atoms. The number of likely N-dealkylation sites (N-methyl/N-ethyl adjacent to an activating group) is 1. The summed E-state index contributed by atoms with van der Waals surface area (Å²) in [7, 11) is 1.44. The molecule has 0 atom stereocenters. The van der Waals surface area contributed by atoms with Gasteiger partial charge >= 0.3 is 0 Å². The summed E-state index contributed by atoms with van der Waals surface area (Å²) in [6.07, 6.45) is 5.96. The number of pyridine rings is 3. The van der Waals surface area contributed by atoms with Crippen molar-refractivity contribution in [1.82, 2.24) is 25.2 Å². The van der Waals surface area contributed by atoms with Crippen LogP contribution in [0.3, 0.4) is 0 Å². The number of H-pyrrole nitrogens is 1. The number of nitrogens with zero attached hydrogens (tertiary/aromatic N) is 3. The Bertz CT molecular complexity index is 1730. The summed E-state index contributed by atoms with van der Waals surface area (Å²) >= 11 is 0. The zero-order valence-corrected chi connectivity index (χ0v) is 24.7. The summed E-state index contributed by atoms with van der Waals surface area (Å²) in [6, 6.07) is 9.36. The lowest BCUT2D eigenvalue weighted by Gasteiger charge is -2.27. The van der Waals surface area contributed by atoms with Crippen LogP contribution in [0.2, 0.25) is 0 Å². The zero-order valence-electron chi connectivity index (χ0n) is 24.7. The van der Waals surface area contributed by atoms with Gasteiger partial charge in [-0.15, -0.1) is 0 Å². The second-order valence-electron chi connectivity index (χ2n) is 11.0. The number of benzene rings is 1. The number of carbonyl (C=O) groups excluding carboxylic acids is 2. The van der Waals surface area contributed by atoms with E-state index in [-0.39, 0.29) is 45.3 Å². The van der Waals surface area contributed by atoms with E-state index in [0.717, 1.165) is 24.8 Å². The molecule has 2 amide bonds. The summed E-state index contributed by atoms with van der Waals surface area (Å²) < 4.78 is 21.2. The van der Waals surface area contributed by atoms with Gasteiger partial charge in [-0.2, -0.15) is 0 Å². The average Bonchev–Trinajstić information content (AvgIpc) is 3.01. The Labute approximate surface area is 248 Å². The minimum absolute atomic E-state index is 0.115. The Hall–Kier alpha value is -4.80. The van der Waals surface area contributed by atoms with Crippen molar-refractivity contribution in [2.45, 2.75) is 45.4 Å². The van der Waals surface area contributed by atoms with Crippen LogP contribution in [0.4, 0.5) is 15.9 Å². The molecule has 1 fully saturated rings. The van der Waals surface area contributed by atoms with Gasteiger partial charge in [0.25, 0.3) is 11.5 Å². The standard InChI is InChI=1S/C32H35FN6O4/c1-5-34-31(42)32(2,3)19-9-10-27(36-18-19)38-25-17-24(37-23-11-12-35-29(40)28(23)25)20-16-26(43-4)21(15-22(20)33)30(41)39-13-7-6-8-14-39/h9-12,15-18H,5-8,13-14H2,1-4H3,(H,34,42)(H,35,40)(H,36,37,38). The van der Waals surface area contributed by atoms with Crippen LogP contribution >= 0.6 is 0 Å². The number of hydrogen-bond donors (Lipinski definition) is 3. The third-order valence-corrected chi connectivity index (χ3v) is 7.82. The lowest BCUT2D eigenvalue weighted by molar-refractivity contribution is -0.125. The Morgan fingerprint density at radius 3 is 2.56 bits per heavy atom. The number of aromatic amines is 1. The lowest BCUT2D eigenvalue weighted by Crippen LogP contribution is -2.39. The van der Waals surface area contributed by atoms with Gasteiger partial charge in [-0.1, -0.05) is 6.07 Å². The molecule has 1 saturated heterocycles. The molecule has 3 aromatic heterocycles. The van der Waals surface area contributed by atoms with Crippen LogP contribution in [0.1, 0.15) is 56.0 Å². The SMILES string of the molecule is CCNC(=O)C(C)(C)c1ccc(Nc2cc(-c3cc(OC)c(C(=O)N4CCCCC4)cc3F)nc3cc[nH]c(=O)c23)nc1. The number of amides is 2. The smallest absolute Gasteiger partial charge is 0.259 e. The molecule has 1 aromatic carbocycles. The van der Waals surface area contributed by atoms with Crippen molar-refractivity contribution in [3.05, 3.63) is 76.1 Å². The van der Waals surface area contributed by atoms with Crippen LogP contribution in [0.15, 0.2) is 53.6 Å². The normalized spacial score (nSPS) is 13.6. The number of anilines is 2. The van der Waals surface area contributed by atoms with Crippen molar-refractivity contribution in [1.29, 1.82) is 0 Å². The Balaban J connectivity index is 1.53. The van der Waals surface area contributed by atoms with Crippen molar-refractivity contribution in [2.75, 3.05) is 32.1 Å². The van der Waals surface area contributed by atoms with E-state index in [1.54, 1.807) is 35.4 Å². The van der Waals surface area contributed by atoms with Crippen LogP contribution in [-0.2, 0) is 10.2 Å². The monoisotopic (exact) mass is 586 g/mol. The molecule has 3 N–H and O–H groups in total. The van der Waals surface area contributed by atoms with Crippen LogP contribution in [0.25, 0.3) is 22.2 Å². The van der Waals surface area contributed by atoms with Gasteiger partial charge in [0.1, 0.15) is 17.4 Å². The van der Waals surface area contributed by atoms with Gasteiger partial charge in [0, 0.05) is 37.6 Å². The summed E-state index contributed by atoms with van der Waals surface area (Å²) in [5, 5.41) is 6.27. The van der Waals surface area contributed by atoms with Gasteiger partial charge in [-0.3, -0.25) is 14.4 Å². The molecule has 11 heteroatoms. The first-order valence-corrected chi connectivity index (χ1v) is 14.4. The molecule has 0 saturated carbocycles. The molecule has 0 unspecified atom stereocenters. The Kier molecular flexibility index (Phi) is 8.43. The third-order valence-electron chi connectivity index (χ3n) is 7.82. The molecule has 10 nitrogen and oxygen atoms in total. The van der Waals surface area contributed by atoms with Gasteiger partial charge in [0.05, 0.1) is 40.4 Å². The van der Waals surface area contributed by atoms with Crippen LogP contribution in [0, 0.1) is 5.82 Å². The highest BCUT2D eigenvalue weighted by Gasteiger charge is 2.30. The van der Waals surface area contributed by atoms with E-state index in [1.807, 2.05) is 20.8 Å². The first kappa shape index (κ1) is 29.7. The van der Waals surface area contributed by atoms with E-state index in [2.05, 4.69) is 25.6 Å². The highest BCUT2D eigenvalue weighted by atomic mass is 19.1. The molecule has 43 heavy (non-hydrogen) atoms. The summed E-state index contributed by atoms with van der Waals surface area (Å²) in [5.41, 5.74) is 0.742. The molecule has 4 aromatic rings. The first-order valence-electron chi connectivity index (χ1n) is 14.4. The zero-order chi connectivity index (χ0) is 30.7. The quantitative estimate of drug-likeness (QED) is 0.267. The van der Waals surface area contributed by atoms with Crippen LogP contribution in [-0.4, -0.2) is 58.4 Å². The van der Waals surface area contributed by atoms with Crippen LogP contribution in [0.5, 0.6) is 5.75 Å². The number of rotatable bonds is 8. The first-order chi connectivity index (χ1) is 20.6. The maximum atomic E-state index is 15.7. The van der Waals surface area contributed by atoms with E-state index in [1.165, 1.54) is 25.4 Å². The van der Waals surface area contributed by atoms with Crippen molar-refractivity contribution in [3.8, 4) is 17.0 Å². The molecule has 1 aliphatic heterocycles. The highest BCUT2D eigenvalue weighted by molar-refractivity contribution is 5.98. The van der Waals surface area contributed by atoms with E-state index in [9.17, 15) is 14.4 Å². The number of fused-ring (bicyclic) bond motifs is 1. The number of aromatic nitrogens is 3. The fourth-order valence-electron chi connectivity index (χ4n) is 5.27. The number of piperidine rings is 1.